The fourth-order valence-electron chi connectivity index (χ4n) is 0.555. The van der Waals surface area contributed by atoms with E-state index in [-0.39, 0.29) is 19.5 Å². The molecule has 0 aromatic carbocycles. The van der Waals surface area contributed by atoms with Crippen LogP contribution in [0.3, 0.4) is 0 Å². The molecule has 0 bridgehead atoms. The van der Waals surface area contributed by atoms with E-state index in [0.29, 0.717) is 0 Å². The zero-order valence-corrected chi connectivity index (χ0v) is 10.2. The third-order valence-corrected chi connectivity index (χ3v) is 1.03. The van der Waals surface area contributed by atoms with Crippen molar-refractivity contribution < 1.29 is 19.5 Å². The first-order valence-corrected chi connectivity index (χ1v) is 3.54. The molecular weight excluding hydrogens is 214 g/mol. The van der Waals surface area contributed by atoms with Gasteiger partial charge in [-0.05, 0) is 0 Å². The Morgan fingerprint density at radius 3 is 1.23 bits per heavy atom. The van der Waals surface area contributed by atoms with Crippen LogP contribution in [0, 0.1) is 12.4 Å². The van der Waals surface area contributed by atoms with E-state index >= 15 is 0 Å². The van der Waals surface area contributed by atoms with Crippen LogP contribution in [-0.2, 0) is 19.5 Å². The maximum absolute atomic E-state index is 3.66. The summed E-state index contributed by atoms with van der Waals surface area (Å²) in [5.41, 5.74) is 0. The third kappa shape index (κ3) is 7.29. The number of hydrogen-bond acceptors (Lipinski definition) is 2. The summed E-state index contributed by atoms with van der Waals surface area (Å²) in [6, 6.07) is 11.0. The molecule has 3 heteroatoms. The fraction of sp³-hybridized carbons (Fsp3) is 0. The van der Waals surface area contributed by atoms with Gasteiger partial charge in [0.05, 0.1) is 0 Å². The molecule has 0 spiro atoms. The zero-order chi connectivity index (χ0) is 8.49. The number of nitrogens with zero attached hydrogens (tertiary/aromatic N) is 2. The second kappa shape index (κ2) is 9.01. The molecule has 2 heterocycles. The van der Waals surface area contributed by atoms with Gasteiger partial charge in [-0.15, -0.1) is 0 Å². The Balaban J connectivity index is 0.000000206. The average Bonchev–Trinajstić information content (AvgIpc) is 2.24. The zero-order valence-electron chi connectivity index (χ0n) is 7.22. The molecule has 2 aromatic rings. The molecule has 0 fully saturated rings. The van der Waals surface area contributed by atoms with Crippen molar-refractivity contribution in [2.45, 2.75) is 0 Å². The molecule has 0 N–H and O–H groups in total. The molecule has 60 valence electrons. The van der Waals surface area contributed by atoms with Crippen molar-refractivity contribution in [2.24, 2.45) is 0 Å². The first-order chi connectivity index (χ1) is 6.00. The van der Waals surface area contributed by atoms with Gasteiger partial charge in [0.1, 0.15) is 0 Å². The van der Waals surface area contributed by atoms with Crippen LogP contribution in [0.25, 0.3) is 0 Å². The molecule has 0 saturated heterocycles. The van der Waals surface area contributed by atoms with Crippen LogP contribution in [0.2, 0.25) is 0 Å². The van der Waals surface area contributed by atoms with Crippen molar-refractivity contribution in [1.82, 2.24) is 9.97 Å². The van der Waals surface area contributed by atoms with Crippen LogP contribution >= 0.6 is 0 Å². The second-order valence-corrected chi connectivity index (χ2v) is 1.92. The minimum atomic E-state index is 0. The van der Waals surface area contributed by atoms with Crippen LogP contribution < -0.4 is 0 Å². The van der Waals surface area contributed by atoms with Crippen molar-refractivity contribution in [2.75, 3.05) is 0 Å². The van der Waals surface area contributed by atoms with Crippen molar-refractivity contribution in [3.05, 3.63) is 61.2 Å². The summed E-state index contributed by atoms with van der Waals surface area (Å²) >= 11 is 0. The van der Waals surface area contributed by atoms with Gasteiger partial charge in [-0.2, -0.15) is 36.4 Å². The maximum atomic E-state index is 3.66. The molecule has 2 aromatic heterocycles. The van der Waals surface area contributed by atoms with Crippen molar-refractivity contribution >= 4 is 0 Å². The Morgan fingerprint density at radius 2 is 1.15 bits per heavy atom. The normalized spacial score (nSPS) is 7.38. The molecule has 13 heavy (non-hydrogen) atoms. The number of aromatic nitrogens is 2. The van der Waals surface area contributed by atoms with E-state index in [4.69, 9.17) is 0 Å². The molecule has 0 aliphatic rings. The Hall–Kier alpha value is -1.08. The van der Waals surface area contributed by atoms with Gasteiger partial charge >= 0.3 is 19.5 Å². The molecule has 0 amide bonds. The monoisotopic (exact) mass is 220 g/mol. The van der Waals surface area contributed by atoms with Crippen LogP contribution in [0.1, 0.15) is 0 Å². The molecular formula is C10H8N2Zn. The van der Waals surface area contributed by atoms with E-state index in [0.717, 1.165) is 0 Å². The van der Waals surface area contributed by atoms with Crippen LogP contribution in [0.15, 0.2) is 48.8 Å². The predicted molar refractivity (Wildman–Crippen MR) is 46.1 cm³/mol. The van der Waals surface area contributed by atoms with Gasteiger partial charge in [0.2, 0.25) is 0 Å². The van der Waals surface area contributed by atoms with E-state index in [1.807, 2.05) is 24.3 Å². The van der Waals surface area contributed by atoms with Gasteiger partial charge in [-0.3, -0.25) is 0 Å². The van der Waals surface area contributed by atoms with Crippen molar-refractivity contribution in [1.29, 1.82) is 0 Å². The molecule has 0 aliphatic heterocycles. The Labute approximate surface area is 90.8 Å². The molecule has 0 radical (unpaired) electrons. The minimum Gasteiger partial charge on any atom is -0.394 e. The molecule has 0 saturated carbocycles. The number of rotatable bonds is 0. The van der Waals surface area contributed by atoms with Crippen LogP contribution in [-0.4, -0.2) is 9.97 Å². The first kappa shape index (κ1) is 11.9. The molecule has 0 atom stereocenters. The van der Waals surface area contributed by atoms with Crippen LogP contribution in [0.5, 0.6) is 0 Å². The van der Waals surface area contributed by atoms with E-state index in [9.17, 15) is 0 Å². The Bertz CT molecular complexity index is 188. The summed E-state index contributed by atoms with van der Waals surface area (Å²) in [6.45, 7) is 0. The van der Waals surface area contributed by atoms with E-state index in [1.165, 1.54) is 0 Å². The topological polar surface area (TPSA) is 25.8 Å². The van der Waals surface area contributed by atoms with E-state index in [2.05, 4.69) is 22.4 Å². The fourth-order valence-corrected chi connectivity index (χ4v) is 0.555. The third-order valence-electron chi connectivity index (χ3n) is 1.03. The maximum Gasteiger partial charge on any atom is 2.00 e. The summed E-state index contributed by atoms with van der Waals surface area (Å²) in [5.74, 6) is 0. The number of hydrogen-bond donors (Lipinski definition) is 0. The summed E-state index contributed by atoms with van der Waals surface area (Å²) in [7, 11) is 0. The van der Waals surface area contributed by atoms with Crippen molar-refractivity contribution in [3.8, 4) is 0 Å². The second-order valence-electron chi connectivity index (χ2n) is 1.92. The summed E-state index contributed by atoms with van der Waals surface area (Å²) in [4.78, 5) is 7.32. The first-order valence-electron chi connectivity index (χ1n) is 3.54. The standard InChI is InChI=1S/2C5H4N.Zn/c2*1-2-4-6-5-3-1;/h2*1-4H;/q2*-1;+2. The predicted octanol–water partition coefficient (Wildman–Crippen LogP) is 1.76. The van der Waals surface area contributed by atoms with Gasteiger partial charge < -0.3 is 9.97 Å². The average molecular weight is 222 g/mol. The number of pyridine rings is 2. The van der Waals surface area contributed by atoms with Crippen LogP contribution in [0.4, 0.5) is 0 Å². The molecule has 0 unspecified atom stereocenters. The van der Waals surface area contributed by atoms with E-state index < -0.39 is 0 Å². The van der Waals surface area contributed by atoms with Gasteiger partial charge in [-0.1, -0.05) is 24.8 Å². The molecule has 0 aliphatic carbocycles. The van der Waals surface area contributed by atoms with Gasteiger partial charge in [0.15, 0.2) is 0 Å². The summed E-state index contributed by atoms with van der Waals surface area (Å²) in [6.07, 6.45) is 8.67. The van der Waals surface area contributed by atoms with Gasteiger partial charge in [0, 0.05) is 0 Å². The largest absolute Gasteiger partial charge is 2.00 e. The molecule has 2 rings (SSSR count). The quantitative estimate of drug-likeness (QED) is 0.500. The van der Waals surface area contributed by atoms with Gasteiger partial charge in [-0.25, -0.2) is 0 Å². The summed E-state index contributed by atoms with van der Waals surface area (Å²) < 4.78 is 0. The van der Waals surface area contributed by atoms with E-state index in [1.54, 1.807) is 24.5 Å². The summed E-state index contributed by atoms with van der Waals surface area (Å²) in [5, 5.41) is 0. The Morgan fingerprint density at radius 1 is 0.692 bits per heavy atom. The van der Waals surface area contributed by atoms with Gasteiger partial charge in [0.25, 0.3) is 0 Å². The Kier molecular flexibility index (Phi) is 8.27. The van der Waals surface area contributed by atoms with Crippen molar-refractivity contribution in [3.63, 3.8) is 0 Å². The molecule has 2 nitrogen and oxygen atoms in total. The minimum absolute atomic E-state index is 0. The SMILES string of the molecule is [Zn+2].[c-]1ccccn1.[c-]1ccccn1. The smallest absolute Gasteiger partial charge is 0.394 e.